The number of carbonyl (C=O) groups is 1. The van der Waals surface area contributed by atoms with Gasteiger partial charge in [-0.1, -0.05) is 39.0 Å². The number of urea groups is 1. The van der Waals surface area contributed by atoms with Crippen molar-refractivity contribution in [3.05, 3.63) is 55.1 Å². The van der Waals surface area contributed by atoms with Crippen LogP contribution in [0.15, 0.2) is 49.6 Å². The first kappa shape index (κ1) is 31.4. The van der Waals surface area contributed by atoms with Crippen LogP contribution in [-0.2, 0) is 10.2 Å². The molecule has 0 bridgehead atoms. The number of nitrogens with one attached hydrogen (secondary N) is 3. The molecule has 0 saturated carbocycles. The van der Waals surface area contributed by atoms with Gasteiger partial charge in [0.15, 0.2) is 23.2 Å². The Kier molecular flexibility index (Phi) is 10.2. The fraction of sp³-hybridized carbons (Fsp3) is 0.533. The Bertz CT molecular complexity index is 1340. The summed E-state index contributed by atoms with van der Waals surface area (Å²) in [6, 6.07) is 7.78. The number of rotatable bonds is 12. The van der Waals surface area contributed by atoms with Crippen LogP contribution in [0.4, 0.5) is 16.3 Å². The van der Waals surface area contributed by atoms with Crippen LogP contribution >= 0.6 is 0 Å². The van der Waals surface area contributed by atoms with E-state index in [1.54, 1.807) is 10.6 Å². The van der Waals surface area contributed by atoms with E-state index in [9.17, 15) is 15.0 Å². The Morgan fingerprint density at radius 2 is 1.90 bits per heavy atom. The summed E-state index contributed by atoms with van der Waals surface area (Å²) in [5, 5.41) is 30.7. The van der Waals surface area contributed by atoms with Crippen LogP contribution < -0.4 is 16.0 Å². The van der Waals surface area contributed by atoms with Gasteiger partial charge in [-0.2, -0.15) is 0 Å². The largest absolute Gasteiger partial charge is 0.387 e. The maximum atomic E-state index is 12.4. The summed E-state index contributed by atoms with van der Waals surface area (Å²) in [6.45, 7) is 16.4. The molecular weight excluding hydrogens is 536 g/mol. The van der Waals surface area contributed by atoms with E-state index in [2.05, 4.69) is 77.0 Å². The van der Waals surface area contributed by atoms with E-state index in [1.165, 1.54) is 18.2 Å². The number of aliphatic hydroxyl groups excluding tert-OH is 2. The van der Waals surface area contributed by atoms with Crippen LogP contribution in [0.5, 0.6) is 0 Å². The second-order valence-corrected chi connectivity index (χ2v) is 11.9. The molecule has 12 heteroatoms. The molecule has 228 valence electrons. The van der Waals surface area contributed by atoms with Crippen molar-refractivity contribution in [1.29, 1.82) is 0 Å². The minimum Gasteiger partial charge on any atom is -0.387 e. The average molecular weight is 581 g/mol. The molecule has 1 fully saturated rings. The first-order valence-electron chi connectivity index (χ1n) is 14.4. The highest BCUT2D eigenvalue weighted by atomic mass is 16.6. The summed E-state index contributed by atoms with van der Waals surface area (Å²) < 4.78 is 7.81. The van der Waals surface area contributed by atoms with Crippen molar-refractivity contribution in [2.75, 3.05) is 36.8 Å². The minimum atomic E-state index is -1.16. The number of anilines is 2. The minimum absolute atomic E-state index is 0.0530. The van der Waals surface area contributed by atoms with E-state index in [-0.39, 0.29) is 17.5 Å². The van der Waals surface area contributed by atoms with Crippen molar-refractivity contribution >= 4 is 28.7 Å². The van der Waals surface area contributed by atoms with Crippen LogP contribution in [0.3, 0.4) is 0 Å². The fourth-order valence-electron chi connectivity index (χ4n) is 4.95. The number of fused-ring (bicyclic) bond motifs is 1. The van der Waals surface area contributed by atoms with Gasteiger partial charge >= 0.3 is 6.03 Å². The quantitative estimate of drug-likeness (QED) is 0.161. The zero-order valence-corrected chi connectivity index (χ0v) is 25.1. The Morgan fingerprint density at radius 3 is 2.57 bits per heavy atom. The molecular formula is C30H44N8O4. The van der Waals surface area contributed by atoms with Gasteiger partial charge in [-0.3, -0.25) is 9.47 Å². The van der Waals surface area contributed by atoms with Crippen LogP contribution in [0.1, 0.15) is 52.8 Å². The lowest BCUT2D eigenvalue weighted by Crippen LogP contribution is -2.44. The highest BCUT2D eigenvalue weighted by molar-refractivity contribution is 5.89. The molecule has 1 aliphatic heterocycles. The number of amides is 2. The molecule has 1 aromatic carbocycles. The van der Waals surface area contributed by atoms with Gasteiger partial charge in [0.05, 0.1) is 6.33 Å². The standard InChI is InChI=1S/C30H44N8O4/c1-7-13-31-26-23-27(34-17-33-26)38(18-35-23)28-25(40)24(39)22(42-28)16-37(19(2)3)15-8-14-32-29(41)36-21-11-9-20(10-12-21)30(4,5)6/h7,9-12,17-19,22,24-25,28,39-40H,1,8,13-16H2,2-6H3,(H,31,33,34)(H2,32,36,41)/t22-,24-,25-,28-/m1/s1. The van der Waals surface area contributed by atoms with Crippen LogP contribution in [0.25, 0.3) is 11.2 Å². The second-order valence-electron chi connectivity index (χ2n) is 11.9. The van der Waals surface area contributed by atoms with Crippen LogP contribution in [0, 0.1) is 0 Å². The predicted octanol–water partition coefficient (Wildman–Crippen LogP) is 3.26. The summed E-state index contributed by atoms with van der Waals surface area (Å²) in [5.41, 5.74) is 3.03. The molecule has 4 atom stereocenters. The molecule has 0 radical (unpaired) electrons. The third-order valence-electron chi connectivity index (χ3n) is 7.45. The fourth-order valence-corrected chi connectivity index (χ4v) is 4.95. The SMILES string of the molecule is C=CCNc1ncnc2c1ncn2[C@@H]1O[C@H](CN(CCCNC(=O)Nc2ccc(C(C)(C)C)cc2)C(C)C)[C@@H](O)[C@H]1O. The predicted molar refractivity (Wildman–Crippen MR) is 163 cm³/mol. The molecule has 4 rings (SSSR count). The third-order valence-corrected chi connectivity index (χ3v) is 7.45. The van der Waals surface area contributed by atoms with E-state index in [0.717, 1.165) is 5.69 Å². The number of imidazole rings is 1. The maximum absolute atomic E-state index is 12.4. The Morgan fingerprint density at radius 1 is 1.17 bits per heavy atom. The summed E-state index contributed by atoms with van der Waals surface area (Å²) in [5.74, 6) is 0.551. The summed E-state index contributed by atoms with van der Waals surface area (Å²) in [7, 11) is 0. The molecule has 5 N–H and O–H groups in total. The van der Waals surface area contributed by atoms with Gasteiger partial charge in [-0.25, -0.2) is 19.7 Å². The molecule has 12 nitrogen and oxygen atoms in total. The molecule has 2 amide bonds. The van der Waals surface area contributed by atoms with Crippen molar-refractivity contribution in [2.45, 2.75) is 77.0 Å². The van der Waals surface area contributed by atoms with Gasteiger partial charge in [0.25, 0.3) is 0 Å². The Hall–Kier alpha value is -3.58. The number of ether oxygens (including phenoxy) is 1. The first-order chi connectivity index (χ1) is 20.0. The average Bonchev–Trinajstić information content (AvgIpc) is 3.49. The molecule has 0 unspecified atom stereocenters. The van der Waals surface area contributed by atoms with Gasteiger partial charge < -0.3 is 30.9 Å². The smallest absolute Gasteiger partial charge is 0.319 e. The van der Waals surface area contributed by atoms with E-state index in [1.807, 2.05) is 24.3 Å². The maximum Gasteiger partial charge on any atom is 0.319 e. The van der Waals surface area contributed by atoms with Crippen molar-refractivity contribution in [1.82, 2.24) is 29.7 Å². The first-order valence-corrected chi connectivity index (χ1v) is 14.4. The zero-order chi connectivity index (χ0) is 30.4. The van der Waals surface area contributed by atoms with Gasteiger partial charge in [-0.15, -0.1) is 6.58 Å². The second kappa shape index (κ2) is 13.6. The number of benzene rings is 1. The van der Waals surface area contributed by atoms with Crippen LogP contribution in [-0.4, -0.2) is 91.2 Å². The lowest BCUT2D eigenvalue weighted by atomic mass is 9.87. The van der Waals surface area contributed by atoms with Gasteiger partial charge in [0.1, 0.15) is 24.6 Å². The normalized spacial score (nSPS) is 20.8. The number of carbonyl (C=O) groups excluding carboxylic acids is 1. The van der Waals surface area contributed by atoms with Crippen molar-refractivity contribution in [3.8, 4) is 0 Å². The summed E-state index contributed by atoms with van der Waals surface area (Å²) >= 11 is 0. The number of aliphatic hydroxyl groups is 2. The number of aromatic nitrogens is 4. The van der Waals surface area contributed by atoms with Gasteiger partial charge in [-0.05, 0) is 43.4 Å². The van der Waals surface area contributed by atoms with Crippen molar-refractivity contribution in [2.24, 2.45) is 0 Å². The van der Waals surface area contributed by atoms with E-state index in [0.29, 0.717) is 49.6 Å². The topological polar surface area (TPSA) is 150 Å². The van der Waals surface area contributed by atoms with Crippen molar-refractivity contribution in [3.63, 3.8) is 0 Å². The molecule has 42 heavy (non-hydrogen) atoms. The monoisotopic (exact) mass is 580 g/mol. The van der Waals surface area contributed by atoms with Gasteiger partial charge in [0, 0.05) is 37.9 Å². The Balaban J connectivity index is 1.30. The molecule has 1 aliphatic rings. The van der Waals surface area contributed by atoms with E-state index in [4.69, 9.17) is 4.74 Å². The summed E-state index contributed by atoms with van der Waals surface area (Å²) in [4.78, 5) is 27.5. The zero-order valence-electron chi connectivity index (χ0n) is 25.1. The van der Waals surface area contributed by atoms with Gasteiger partial charge in [0.2, 0.25) is 0 Å². The molecule has 3 heterocycles. The van der Waals surface area contributed by atoms with E-state index < -0.39 is 24.5 Å². The molecule has 0 spiro atoms. The van der Waals surface area contributed by atoms with Crippen molar-refractivity contribution < 1.29 is 19.7 Å². The van der Waals surface area contributed by atoms with Crippen LogP contribution in [0.2, 0.25) is 0 Å². The summed E-state index contributed by atoms with van der Waals surface area (Å²) in [6.07, 6.45) is 1.63. The number of hydrogen-bond donors (Lipinski definition) is 5. The number of hydrogen-bond acceptors (Lipinski definition) is 9. The Labute approximate surface area is 247 Å². The highest BCUT2D eigenvalue weighted by Gasteiger charge is 2.45. The lowest BCUT2D eigenvalue weighted by molar-refractivity contribution is -0.0468. The number of nitrogens with zero attached hydrogens (tertiary/aromatic N) is 5. The molecule has 0 aliphatic carbocycles. The van der Waals surface area contributed by atoms with E-state index >= 15 is 0 Å². The molecule has 2 aromatic heterocycles. The highest BCUT2D eigenvalue weighted by Crippen LogP contribution is 2.33. The third kappa shape index (κ3) is 7.43. The lowest BCUT2D eigenvalue weighted by Gasteiger charge is -2.30. The molecule has 1 saturated heterocycles. The molecule has 3 aromatic rings.